The first-order valence-electron chi connectivity index (χ1n) is 8.33. The second-order valence-electron chi connectivity index (χ2n) is 6.63. The monoisotopic (exact) mass is 308 g/mol. The second-order valence-corrected chi connectivity index (χ2v) is 6.63. The second kappa shape index (κ2) is 7.54. The number of para-hydroxylation sites is 2. The molecule has 2 atom stereocenters. The molecule has 2 aromatic carbocycles. The molecule has 2 nitrogen and oxygen atoms in total. The summed E-state index contributed by atoms with van der Waals surface area (Å²) in [5.74, 6) is 0. The molecule has 2 radical (unpaired) electrons. The van der Waals surface area contributed by atoms with Gasteiger partial charge in [-0.3, -0.25) is 0 Å². The van der Waals surface area contributed by atoms with Crippen molar-refractivity contribution in [1.29, 1.82) is 0 Å². The van der Waals surface area contributed by atoms with Crippen LogP contribution in [0.3, 0.4) is 0 Å². The summed E-state index contributed by atoms with van der Waals surface area (Å²) < 4.78 is 0. The molecular weight excluding hydrogens is 280 g/mol. The predicted octanol–water partition coefficient (Wildman–Crippen LogP) is 5.36. The standard InChI is InChI=1S/C21H28N2/c1-14-9-7-10-15(2)20(14)22-18(5)13-19(6)23-21-16(3)11-8-12-17(21)4/h1,7-12,18-19,22-23H,13H2,2-6H3. The summed E-state index contributed by atoms with van der Waals surface area (Å²) in [5.41, 5.74) is 6.89. The lowest BCUT2D eigenvalue weighted by molar-refractivity contribution is 0.632. The number of hydrogen-bond donors (Lipinski definition) is 2. The van der Waals surface area contributed by atoms with Crippen LogP contribution in [0.4, 0.5) is 11.4 Å². The van der Waals surface area contributed by atoms with Crippen molar-refractivity contribution >= 4 is 11.4 Å². The van der Waals surface area contributed by atoms with E-state index in [1.165, 1.54) is 22.4 Å². The minimum atomic E-state index is 0.338. The first-order chi connectivity index (χ1) is 10.9. The van der Waals surface area contributed by atoms with Crippen molar-refractivity contribution < 1.29 is 0 Å². The van der Waals surface area contributed by atoms with Gasteiger partial charge < -0.3 is 10.6 Å². The summed E-state index contributed by atoms with van der Waals surface area (Å²) in [6.45, 7) is 16.9. The Balaban J connectivity index is 1.99. The largest absolute Gasteiger partial charge is 0.382 e. The molecule has 0 aliphatic rings. The number of hydrogen-bond acceptors (Lipinski definition) is 2. The lowest BCUT2D eigenvalue weighted by Crippen LogP contribution is -2.27. The van der Waals surface area contributed by atoms with Crippen molar-refractivity contribution in [2.45, 2.75) is 53.1 Å². The molecule has 0 heterocycles. The first-order valence-corrected chi connectivity index (χ1v) is 8.33. The average molecular weight is 308 g/mol. The molecule has 0 fully saturated rings. The molecule has 2 N–H and O–H groups in total. The van der Waals surface area contributed by atoms with E-state index in [-0.39, 0.29) is 0 Å². The van der Waals surface area contributed by atoms with E-state index >= 15 is 0 Å². The summed E-state index contributed by atoms with van der Waals surface area (Å²) in [6, 6.07) is 13.1. The van der Waals surface area contributed by atoms with Gasteiger partial charge in [0.1, 0.15) is 0 Å². The Labute approximate surface area is 141 Å². The molecule has 0 aromatic heterocycles. The SMILES string of the molecule is [CH]c1cccc(C)c1NC(C)CC(C)Nc1c(C)cccc1C. The zero-order valence-electron chi connectivity index (χ0n) is 14.9. The molecule has 0 spiro atoms. The van der Waals surface area contributed by atoms with Gasteiger partial charge in [-0.05, 0) is 63.3 Å². The van der Waals surface area contributed by atoms with E-state index in [2.05, 4.69) is 69.5 Å². The zero-order valence-corrected chi connectivity index (χ0v) is 14.9. The fraction of sp³-hybridized carbons (Fsp3) is 0.381. The van der Waals surface area contributed by atoms with E-state index in [0.717, 1.165) is 17.7 Å². The Morgan fingerprint density at radius 3 is 1.74 bits per heavy atom. The number of nitrogens with one attached hydrogen (secondary N) is 2. The minimum absolute atomic E-state index is 0.338. The van der Waals surface area contributed by atoms with Crippen LogP contribution in [-0.4, -0.2) is 12.1 Å². The van der Waals surface area contributed by atoms with Crippen LogP contribution in [0.1, 0.15) is 42.5 Å². The van der Waals surface area contributed by atoms with Gasteiger partial charge in [0.05, 0.1) is 0 Å². The van der Waals surface area contributed by atoms with Crippen molar-refractivity contribution in [1.82, 2.24) is 0 Å². The van der Waals surface area contributed by atoms with E-state index < -0.39 is 0 Å². The lowest BCUT2D eigenvalue weighted by Gasteiger charge is -2.24. The van der Waals surface area contributed by atoms with Gasteiger partial charge in [-0.1, -0.05) is 36.4 Å². The molecular formula is C21H28N2. The number of anilines is 2. The Kier molecular flexibility index (Phi) is 5.70. The fourth-order valence-electron chi connectivity index (χ4n) is 3.07. The normalized spacial score (nSPS) is 13.5. The highest BCUT2D eigenvalue weighted by molar-refractivity contribution is 5.59. The van der Waals surface area contributed by atoms with Gasteiger partial charge in [-0.2, -0.15) is 0 Å². The molecule has 0 amide bonds. The van der Waals surface area contributed by atoms with Crippen LogP contribution in [0.25, 0.3) is 0 Å². The van der Waals surface area contributed by atoms with Crippen LogP contribution >= 0.6 is 0 Å². The van der Waals surface area contributed by atoms with Gasteiger partial charge in [0.25, 0.3) is 0 Å². The average Bonchev–Trinajstić information content (AvgIpc) is 2.47. The van der Waals surface area contributed by atoms with Gasteiger partial charge in [0.15, 0.2) is 0 Å². The highest BCUT2D eigenvalue weighted by Crippen LogP contribution is 2.23. The third-order valence-electron chi connectivity index (χ3n) is 4.27. The molecule has 0 aliphatic carbocycles. The van der Waals surface area contributed by atoms with Gasteiger partial charge in [-0.15, -0.1) is 0 Å². The van der Waals surface area contributed by atoms with Crippen LogP contribution in [0.2, 0.25) is 0 Å². The summed E-state index contributed by atoms with van der Waals surface area (Å²) in [6.07, 6.45) is 1.02. The van der Waals surface area contributed by atoms with Crippen LogP contribution in [0.15, 0.2) is 36.4 Å². The third kappa shape index (κ3) is 4.51. The van der Waals surface area contributed by atoms with Gasteiger partial charge in [-0.25, -0.2) is 0 Å². The molecule has 0 aliphatic heterocycles. The van der Waals surface area contributed by atoms with Gasteiger partial charge in [0.2, 0.25) is 0 Å². The van der Waals surface area contributed by atoms with Gasteiger partial charge in [0, 0.05) is 30.4 Å². The van der Waals surface area contributed by atoms with E-state index in [9.17, 15) is 0 Å². The van der Waals surface area contributed by atoms with E-state index in [4.69, 9.17) is 6.92 Å². The van der Waals surface area contributed by atoms with Crippen molar-refractivity contribution in [2.24, 2.45) is 0 Å². The van der Waals surface area contributed by atoms with E-state index in [0.29, 0.717) is 12.1 Å². The van der Waals surface area contributed by atoms with Crippen LogP contribution in [0, 0.1) is 27.7 Å². The maximum atomic E-state index is 6.09. The summed E-state index contributed by atoms with van der Waals surface area (Å²) in [7, 11) is 0. The van der Waals surface area contributed by atoms with Crippen molar-refractivity contribution in [2.75, 3.05) is 10.6 Å². The van der Waals surface area contributed by atoms with Crippen molar-refractivity contribution in [3.8, 4) is 0 Å². The maximum absolute atomic E-state index is 6.09. The summed E-state index contributed by atoms with van der Waals surface area (Å²) >= 11 is 0. The number of rotatable bonds is 6. The number of aryl methyl sites for hydroxylation is 3. The van der Waals surface area contributed by atoms with Gasteiger partial charge >= 0.3 is 0 Å². The molecule has 2 aromatic rings. The summed E-state index contributed by atoms with van der Waals surface area (Å²) in [4.78, 5) is 0. The minimum Gasteiger partial charge on any atom is -0.382 e. The summed E-state index contributed by atoms with van der Waals surface area (Å²) in [5, 5.41) is 7.21. The molecule has 122 valence electrons. The highest BCUT2D eigenvalue weighted by atomic mass is 15.0. The topological polar surface area (TPSA) is 24.1 Å². The fourth-order valence-corrected chi connectivity index (χ4v) is 3.07. The number of benzene rings is 2. The molecule has 2 unspecified atom stereocenters. The van der Waals surface area contributed by atoms with Crippen LogP contribution in [0.5, 0.6) is 0 Å². The zero-order chi connectivity index (χ0) is 17.0. The van der Waals surface area contributed by atoms with Crippen molar-refractivity contribution in [3.05, 3.63) is 65.6 Å². The highest BCUT2D eigenvalue weighted by Gasteiger charge is 2.12. The first kappa shape index (κ1) is 17.4. The quantitative estimate of drug-likeness (QED) is 0.750. The maximum Gasteiger partial charge on any atom is 0.0407 e. The Hall–Kier alpha value is -1.96. The molecule has 0 saturated heterocycles. The van der Waals surface area contributed by atoms with E-state index in [1.807, 2.05) is 12.1 Å². The third-order valence-corrected chi connectivity index (χ3v) is 4.27. The molecule has 0 saturated carbocycles. The lowest BCUT2D eigenvalue weighted by atomic mass is 10.0. The van der Waals surface area contributed by atoms with Crippen LogP contribution in [-0.2, 0) is 0 Å². The Morgan fingerprint density at radius 2 is 1.22 bits per heavy atom. The smallest absolute Gasteiger partial charge is 0.0407 e. The molecule has 2 heteroatoms. The van der Waals surface area contributed by atoms with Crippen molar-refractivity contribution in [3.63, 3.8) is 0 Å². The molecule has 2 rings (SSSR count). The Morgan fingerprint density at radius 1 is 0.783 bits per heavy atom. The Bertz CT molecular complexity index is 563. The predicted molar refractivity (Wildman–Crippen MR) is 101 cm³/mol. The van der Waals surface area contributed by atoms with Crippen LogP contribution < -0.4 is 10.6 Å². The molecule has 0 bridgehead atoms. The molecule has 23 heavy (non-hydrogen) atoms. The van der Waals surface area contributed by atoms with E-state index in [1.54, 1.807) is 0 Å².